The van der Waals surface area contributed by atoms with Crippen LogP contribution in [-0.4, -0.2) is 19.0 Å². The zero-order chi connectivity index (χ0) is 15.2. The molecule has 0 radical (unpaired) electrons. The fourth-order valence-corrected chi connectivity index (χ4v) is 3.66. The highest BCUT2D eigenvalue weighted by atomic mass is 79.9. The van der Waals surface area contributed by atoms with Crippen LogP contribution in [0.15, 0.2) is 28.7 Å². The lowest BCUT2D eigenvalue weighted by Gasteiger charge is -2.28. The third kappa shape index (κ3) is 4.82. The number of benzene rings is 1. The standard InChI is InChI=1S/C17H25BrN2O/c1-12(14-6-5-9-19-11-14)10-17(21)20-13(2)15-7-3-4-8-16(15)18/h3-4,7-8,12-14,19H,5-6,9-11H2,1-2H3,(H,20,21)/t12?,13-,14?/m0/s1. The van der Waals surface area contributed by atoms with Gasteiger partial charge in [-0.3, -0.25) is 4.79 Å². The van der Waals surface area contributed by atoms with Gasteiger partial charge < -0.3 is 10.6 Å². The van der Waals surface area contributed by atoms with Gasteiger partial charge in [0.1, 0.15) is 0 Å². The predicted molar refractivity (Wildman–Crippen MR) is 90.1 cm³/mol. The second-order valence-corrected chi connectivity index (χ2v) is 6.95. The Morgan fingerprint density at radius 1 is 1.43 bits per heavy atom. The Balaban J connectivity index is 1.85. The first-order chi connectivity index (χ1) is 10.1. The van der Waals surface area contributed by atoms with Gasteiger partial charge in [-0.25, -0.2) is 0 Å². The summed E-state index contributed by atoms with van der Waals surface area (Å²) in [6, 6.07) is 8.07. The number of amides is 1. The van der Waals surface area contributed by atoms with E-state index >= 15 is 0 Å². The number of carbonyl (C=O) groups excluding carboxylic acids is 1. The van der Waals surface area contributed by atoms with Crippen molar-refractivity contribution in [1.29, 1.82) is 0 Å². The number of rotatable bonds is 5. The van der Waals surface area contributed by atoms with Gasteiger partial charge in [0.15, 0.2) is 0 Å². The molecule has 0 spiro atoms. The van der Waals surface area contributed by atoms with Crippen molar-refractivity contribution >= 4 is 21.8 Å². The van der Waals surface area contributed by atoms with Gasteiger partial charge in [-0.1, -0.05) is 41.1 Å². The molecule has 1 fully saturated rings. The summed E-state index contributed by atoms with van der Waals surface area (Å²) in [4.78, 5) is 12.2. The Hall–Kier alpha value is -0.870. The van der Waals surface area contributed by atoms with E-state index in [2.05, 4.69) is 33.5 Å². The van der Waals surface area contributed by atoms with Gasteiger partial charge in [-0.05, 0) is 56.3 Å². The van der Waals surface area contributed by atoms with Crippen molar-refractivity contribution in [3.05, 3.63) is 34.3 Å². The van der Waals surface area contributed by atoms with Crippen molar-refractivity contribution in [3.63, 3.8) is 0 Å². The molecule has 3 atom stereocenters. The van der Waals surface area contributed by atoms with Crippen molar-refractivity contribution < 1.29 is 4.79 Å². The SMILES string of the molecule is CC(CC(=O)N[C@@H](C)c1ccccc1Br)C1CCCNC1. The van der Waals surface area contributed by atoms with E-state index in [-0.39, 0.29) is 11.9 Å². The van der Waals surface area contributed by atoms with Crippen molar-refractivity contribution in [1.82, 2.24) is 10.6 Å². The second-order valence-electron chi connectivity index (χ2n) is 6.10. The Morgan fingerprint density at radius 2 is 2.19 bits per heavy atom. The first-order valence-corrected chi connectivity index (χ1v) is 8.61. The maximum Gasteiger partial charge on any atom is 0.220 e. The zero-order valence-corrected chi connectivity index (χ0v) is 14.4. The van der Waals surface area contributed by atoms with E-state index in [9.17, 15) is 4.79 Å². The molecule has 4 heteroatoms. The number of hydrogen-bond acceptors (Lipinski definition) is 2. The maximum absolute atomic E-state index is 12.2. The smallest absolute Gasteiger partial charge is 0.220 e. The quantitative estimate of drug-likeness (QED) is 0.848. The molecule has 1 heterocycles. The molecule has 0 saturated carbocycles. The number of piperidine rings is 1. The molecule has 116 valence electrons. The van der Waals surface area contributed by atoms with Crippen LogP contribution in [-0.2, 0) is 4.79 Å². The molecule has 1 aromatic rings. The highest BCUT2D eigenvalue weighted by Crippen LogP contribution is 2.25. The number of hydrogen-bond donors (Lipinski definition) is 2. The van der Waals surface area contributed by atoms with E-state index in [0.29, 0.717) is 18.3 Å². The van der Waals surface area contributed by atoms with Gasteiger partial charge in [0, 0.05) is 10.9 Å². The van der Waals surface area contributed by atoms with Gasteiger partial charge in [-0.2, -0.15) is 0 Å². The fourth-order valence-electron chi connectivity index (χ4n) is 3.03. The van der Waals surface area contributed by atoms with Gasteiger partial charge in [0.05, 0.1) is 6.04 Å². The number of nitrogens with one attached hydrogen (secondary N) is 2. The summed E-state index contributed by atoms with van der Waals surface area (Å²) in [7, 11) is 0. The Bertz CT molecular complexity index is 472. The Labute approximate surface area is 136 Å². The lowest BCUT2D eigenvalue weighted by molar-refractivity contribution is -0.123. The largest absolute Gasteiger partial charge is 0.350 e. The topological polar surface area (TPSA) is 41.1 Å². The van der Waals surface area contributed by atoms with Crippen molar-refractivity contribution in [2.24, 2.45) is 11.8 Å². The summed E-state index contributed by atoms with van der Waals surface area (Å²) in [5.74, 6) is 1.21. The lowest BCUT2D eigenvalue weighted by atomic mass is 9.85. The summed E-state index contributed by atoms with van der Waals surface area (Å²) in [5.41, 5.74) is 1.12. The zero-order valence-electron chi connectivity index (χ0n) is 12.9. The van der Waals surface area contributed by atoms with E-state index < -0.39 is 0 Å². The van der Waals surface area contributed by atoms with Crippen LogP contribution < -0.4 is 10.6 Å². The Kier molecular flexibility index (Phi) is 6.24. The van der Waals surface area contributed by atoms with E-state index in [4.69, 9.17) is 0 Å². The van der Waals surface area contributed by atoms with Crippen LogP contribution in [0.1, 0.15) is 44.7 Å². The van der Waals surface area contributed by atoms with Crippen LogP contribution in [0.4, 0.5) is 0 Å². The average Bonchev–Trinajstić information content (AvgIpc) is 2.48. The molecular weight excluding hydrogens is 328 g/mol. The second kappa shape index (κ2) is 7.95. The molecule has 21 heavy (non-hydrogen) atoms. The molecule has 3 nitrogen and oxygen atoms in total. The molecule has 1 saturated heterocycles. The third-order valence-electron chi connectivity index (χ3n) is 4.40. The van der Waals surface area contributed by atoms with Crippen LogP contribution in [0.5, 0.6) is 0 Å². The average molecular weight is 353 g/mol. The molecular formula is C17H25BrN2O. The minimum atomic E-state index is 0.0322. The molecule has 2 unspecified atom stereocenters. The maximum atomic E-state index is 12.2. The van der Waals surface area contributed by atoms with Crippen molar-refractivity contribution in [2.45, 2.75) is 39.2 Å². The number of halogens is 1. The molecule has 1 aromatic carbocycles. The van der Waals surface area contributed by atoms with Crippen LogP contribution in [0, 0.1) is 11.8 Å². The van der Waals surface area contributed by atoms with Crippen molar-refractivity contribution in [2.75, 3.05) is 13.1 Å². The number of carbonyl (C=O) groups is 1. The summed E-state index contributed by atoms with van der Waals surface area (Å²) >= 11 is 3.54. The molecule has 1 aliphatic rings. The fraction of sp³-hybridized carbons (Fsp3) is 0.588. The van der Waals surface area contributed by atoms with E-state index in [1.807, 2.05) is 31.2 Å². The molecule has 1 aliphatic heterocycles. The highest BCUT2D eigenvalue weighted by Gasteiger charge is 2.22. The summed E-state index contributed by atoms with van der Waals surface area (Å²) in [6.45, 7) is 6.40. The van der Waals surface area contributed by atoms with Gasteiger partial charge in [0.25, 0.3) is 0 Å². The lowest BCUT2D eigenvalue weighted by Crippen LogP contribution is -2.36. The van der Waals surface area contributed by atoms with E-state index in [0.717, 1.165) is 23.1 Å². The summed E-state index contributed by atoms with van der Waals surface area (Å²) in [6.07, 6.45) is 3.08. The van der Waals surface area contributed by atoms with Crippen LogP contribution in [0.3, 0.4) is 0 Å². The first kappa shape index (κ1) is 16.5. The normalized spacial score (nSPS) is 21.6. The molecule has 0 bridgehead atoms. The van der Waals surface area contributed by atoms with Gasteiger partial charge in [-0.15, -0.1) is 0 Å². The van der Waals surface area contributed by atoms with Gasteiger partial charge >= 0.3 is 0 Å². The highest BCUT2D eigenvalue weighted by molar-refractivity contribution is 9.10. The predicted octanol–water partition coefficient (Wildman–Crippen LogP) is 3.65. The van der Waals surface area contributed by atoms with E-state index in [1.165, 1.54) is 12.8 Å². The Morgan fingerprint density at radius 3 is 2.86 bits per heavy atom. The first-order valence-electron chi connectivity index (χ1n) is 7.82. The third-order valence-corrected chi connectivity index (χ3v) is 5.12. The van der Waals surface area contributed by atoms with Crippen molar-refractivity contribution in [3.8, 4) is 0 Å². The summed E-state index contributed by atoms with van der Waals surface area (Å²) < 4.78 is 1.04. The van der Waals surface area contributed by atoms with Crippen LogP contribution in [0.2, 0.25) is 0 Å². The van der Waals surface area contributed by atoms with Crippen LogP contribution >= 0.6 is 15.9 Å². The molecule has 2 rings (SSSR count). The minimum Gasteiger partial charge on any atom is -0.350 e. The monoisotopic (exact) mass is 352 g/mol. The van der Waals surface area contributed by atoms with E-state index in [1.54, 1.807) is 0 Å². The molecule has 2 N–H and O–H groups in total. The minimum absolute atomic E-state index is 0.0322. The molecule has 1 amide bonds. The molecule has 0 aliphatic carbocycles. The molecule has 0 aromatic heterocycles. The summed E-state index contributed by atoms with van der Waals surface area (Å²) in [5, 5.41) is 6.54. The van der Waals surface area contributed by atoms with Crippen LogP contribution in [0.25, 0.3) is 0 Å². The van der Waals surface area contributed by atoms with Gasteiger partial charge in [0.2, 0.25) is 5.91 Å².